The molecule has 6 rings (SSSR count). The van der Waals surface area contributed by atoms with E-state index in [9.17, 15) is 8.42 Å². The van der Waals surface area contributed by atoms with Gasteiger partial charge in [0.15, 0.2) is 10.8 Å². The van der Waals surface area contributed by atoms with E-state index in [4.69, 9.17) is 9.97 Å². The highest BCUT2D eigenvalue weighted by molar-refractivity contribution is 7.89. The van der Waals surface area contributed by atoms with E-state index in [2.05, 4.69) is 25.8 Å². The molecule has 182 valence electrons. The molecular formula is C23H26N8O2S2. The molecule has 2 saturated heterocycles. The Morgan fingerprint density at radius 1 is 1.14 bits per heavy atom. The van der Waals surface area contributed by atoms with Crippen molar-refractivity contribution < 1.29 is 8.42 Å². The number of nitrogens with one attached hydrogen (secondary N) is 3. The van der Waals surface area contributed by atoms with Crippen LogP contribution in [0.5, 0.6) is 0 Å². The number of aromatic amines is 1. The van der Waals surface area contributed by atoms with Gasteiger partial charge in [-0.1, -0.05) is 12.5 Å². The lowest BCUT2D eigenvalue weighted by molar-refractivity contribution is 0.115. The van der Waals surface area contributed by atoms with Crippen LogP contribution in [0.2, 0.25) is 0 Å². The van der Waals surface area contributed by atoms with Crippen LogP contribution in [0.15, 0.2) is 46.9 Å². The summed E-state index contributed by atoms with van der Waals surface area (Å²) in [6.07, 6.45) is 5.66. The van der Waals surface area contributed by atoms with Gasteiger partial charge in [-0.25, -0.2) is 18.4 Å². The highest BCUT2D eigenvalue weighted by Crippen LogP contribution is 2.39. The van der Waals surface area contributed by atoms with Gasteiger partial charge in [-0.05, 0) is 56.2 Å². The molecule has 2 atom stereocenters. The van der Waals surface area contributed by atoms with Crippen LogP contribution in [-0.2, 0) is 10.0 Å². The molecule has 2 unspecified atom stereocenters. The first-order valence-electron chi connectivity index (χ1n) is 11.7. The van der Waals surface area contributed by atoms with Crippen LogP contribution < -0.4 is 10.6 Å². The predicted molar refractivity (Wildman–Crippen MR) is 135 cm³/mol. The van der Waals surface area contributed by atoms with Crippen molar-refractivity contribution in [1.82, 2.24) is 29.5 Å². The minimum Gasteiger partial charge on any atom is -0.351 e. The summed E-state index contributed by atoms with van der Waals surface area (Å²) in [6.45, 7) is 1.95. The third-order valence-electron chi connectivity index (χ3n) is 6.70. The van der Waals surface area contributed by atoms with Crippen molar-refractivity contribution in [3.8, 4) is 0 Å². The van der Waals surface area contributed by atoms with Gasteiger partial charge in [0.05, 0.1) is 5.39 Å². The van der Waals surface area contributed by atoms with Crippen molar-refractivity contribution in [3.05, 3.63) is 47.6 Å². The van der Waals surface area contributed by atoms with Crippen LogP contribution in [0.1, 0.15) is 37.8 Å². The fourth-order valence-corrected chi connectivity index (χ4v) is 7.85. The Labute approximate surface area is 207 Å². The zero-order valence-corrected chi connectivity index (χ0v) is 20.8. The number of hydrogen-bond donors (Lipinski definition) is 3. The molecule has 0 amide bonds. The maximum absolute atomic E-state index is 13.4. The van der Waals surface area contributed by atoms with E-state index in [0.717, 1.165) is 35.2 Å². The van der Waals surface area contributed by atoms with Crippen molar-refractivity contribution in [2.24, 2.45) is 0 Å². The van der Waals surface area contributed by atoms with E-state index in [1.807, 2.05) is 24.4 Å². The highest BCUT2D eigenvalue weighted by atomic mass is 32.2. The molecule has 3 N–H and O–H groups in total. The number of rotatable bonds is 6. The van der Waals surface area contributed by atoms with Gasteiger partial charge in [0, 0.05) is 36.1 Å². The molecule has 4 aromatic heterocycles. The second-order valence-corrected chi connectivity index (χ2v) is 11.8. The van der Waals surface area contributed by atoms with Crippen LogP contribution >= 0.6 is 11.3 Å². The molecule has 0 radical (unpaired) electrons. The molecule has 0 aromatic carbocycles. The maximum atomic E-state index is 13.4. The third kappa shape index (κ3) is 4.26. The number of hydrogen-bond acceptors (Lipinski definition) is 9. The molecule has 0 spiro atoms. The molecule has 2 aliphatic rings. The lowest BCUT2D eigenvalue weighted by Gasteiger charge is -2.47. The number of aryl methyl sites for hydroxylation is 1. The van der Waals surface area contributed by atoms with E-state index in [1.165, 1.54) is 6.20 Å². The lowest BCUT2D eigenvalue weighted by Crippen LogP contribution is -2.57. The molecule has 35 heavy (non-hydrogen) atoms. The van der Waals surface area contributed by atoms with Gasteiger partial charge in [-0.3, -0.25) is 5.10 Å². The standard InChI is InChI=1S/C23H26N8O2S2/c1-14-11-19(30-29-14)26-21-18-8-10-34-22(18)28-23(27-21)25-15-12-16-5-4-6-17(13-15)31(16)35(32,33)20-7-2-3-9-24-20/h2-3,7-11,15-17H,4-6,12-13H2,1H3,(H3,25,26,27,28,29,30). The second-order valence-electron chi connectivity index (χ2n) is 9.15. The molecular weight excluding hydrogens is 484 g/mol. The normalized spacial score (nSPS) is 22.8. The number of pyridine rings is 1. The summed E-state index contributed by atoms with van der Waals surface area (Å²) >= 11 is 1.56. The maximum Gasteiger partial charge on any atom is 0.261 e. The summed E-state index contributed by atoms with van der Waals surface area (Å²) in [5.41, 5.74) is 0.959. The van der Waals surface area contributed by atoms with Crippen molar-refractivity contribution in [3.63, 3.8) is 0 Å². The molecule has 4 aromatic rings. The first-order valence-corrected chi connectivity index (χ1v) is 14.0. The zero-order chi connectivity index (χ0) is 24.0. The Kier molecular flexibility index (Phi) is 5.66. The van der Waals surface area contributed by atoms with Gasteiger partial charge < -0.3 is 10.6 Å². The van der Waals surface area contributed by atoms with Crippen LogP contribution in [0, 0.1) is 6.92 Å². The van der Waals surface area contributed by atoms with E-state index in [1.54, 1.807) is 33.8 Å². The van der Waals surface area contributed by atoms with Gasteiger partial charge in [0.1, 0.15) is 10.6 Å². The molecule has 12 heteroatoms. The summed E-state index contributed by atoms with van der Waals surface area (Å²) in [5, 5.41) is 17.1. The van der Waals surface area contributed by atoms with Crippen LogP contribution in [0.3, 0.4) is 0 Å². The van der Waals surface area contributed by atoms with Crippen molar-refractivity contribution >= 4 is 49.2 Å². The van der Waals surface area contributed by atoms with Gasteiger partial charge in [0.2, 0.25) is 5.95 Å². The third-order valence-corrected chi connectivity index (χ3v) is 9.43. The number of sulfonamides is 1. The minimum atomic E-state index is -3.63. The molecule has 2 aliphatic heterocycles. The van der Waals surface area contributed by atoms with E-state index < -0.39 is 10.0 Å². The molecule has 2 bridgehead atoms. The smallest absolute Gasteiger partial charge is 0.261 e. The Balaban J connectivity index is 1.25. The molecule has 2 fully saturated rings. The lowest BCUT2D eigenvalue weighted by atomic mass is 9.84. The first kappa shape index (κ1) is 22.4. The van der Waals surface area contributed by atoms with Gasteiger partial charge in [-0.15, -0.1) is 11.3 Å². The van der Waals surface area contributed by atoms with Crippen molar-refractivity contribution in [2.75, 3.05) is 10.6 Å². The number of thiophene rings is 1. The average molecular weight is 511 g/mol. The Bertz CT molecular complexity index is 1440. The Morgan fingerprint density at radius 2 is 1.97 bits per heavy atom. The largest absolute Gasteiger partial charge is 0.351 e. The topological polar surface area (TPSA) is 129 Å². The van der Waals surface area contributed by atoms with Crippen molar-refractivity contribution in [2.45, 2.75) is 62.2 Å². The number of nitrogens with zero attached hydrogens (tertiary/aromatic N) is 5. The van der Waals surface area contributed by atoms with Crippen LogP contribution in [-0.4, -0.2) is 56.0 Å². The predicted octanol–water partition coefficient (Wildman–Crippen LogP) is 4.05. The highest BCUT2D eigenvalue weighted by Gasteiger charge is 2.45. The molecule has 10 nitrogen and oxygen atoms in total. The van der Waals surface area contributed by atoms with Gasteiger partial charge >= 0.3 is 0 Å². The van der Waals surface area contributed by atoms with Crippen LogP contribution in [0.4, 0.5) is 17.6 Å². The number of fused-ring (bicyclic) bond motifs is 3. The monoisotopic (exact) mass is 510 g/mol. The van der Waals surface area contributed by atoms with Gasteiger partial charge in [0.25, 0.3) is 10.0 Å². The molecule has 0 aliphatic carbocycles. The number of piperidine rings is 2. The second kappa shape index (κ2) is 8.85. The first-order chi connectivity index (χ1) is 17.0. The molecule has 0 saturated carbocycles. The summed E-state index contributed by atoms with van der Waals surface area (Å²) in [4.78, 5) is 14.5. The number of H-pyrrole nitrogens is 1. The minimum absolute atomic E-state index is 0.0675. The quantitative estimate of drug-likeness (QED) is 0.354. The summed E-state index contributed by atoms with van der Waals surface area (Å²) in [5.74, 6) is 1.93. The Hall–Kier alpha value is -3.09. The fraction of sp³-hybridized carbons (Fsp3) is 0.391. The van der Waals surface area contributed by atoms with E-state index >= 15 is 0 Å². The molecule has 6 heterocycles. The van der Waals surface area contributed by atoms with Crippen LogP contribution in [0.25, 0.3) is 10.2 Å². The summed E-state index contributed by atoms with van der Waals surface area (Å²) < 4.78 is 28.5. The zero-order valence-electron chi connectivity index (χ0n) is 19.2. The van der Waals surface area contributed by atoms with E-state index in [-0.39, 0.29) is 23.2 Å². The van der Waals surface area contributed by atoms with Crippen molar-refractivity contribution in [1.29, 1.82) is 0 Å². The SMILES string of the molecule is Cc1cc(Nc2nc(NC3CC4CCCC(C3)N4S(=O)(=O)c3ccccn3)nc3sccc23)n[nH]1. The van der Waals surface area contributed by atoms with E-state index in [0.29, 0.717) is 30.4 Å². The Morgan fingerprint density at radius 3 is 2.69 bits per heavy atom. The van der Waals surface area contributed by atoms with Gasteiger partial charge in [-0.2, -0.15) is 14.4 Å². The summed E-state index contributed by atoms with van der Waals surface area (Å²) in [6, 6.07) is 8.90. The number of anilines is 3. The fourth-order valence-electron chi connectivity index (χ4n) is 5.26. The number of aromatic nitrogens is 5. The average Bonchev–Trinajstić information content (AvgIpc) is 3.48. The summed E-state index contributed by atoms with van der Waals surface area (Å²) in [7, 11) is -3.63.